The topological polar surface area (TPSA) is 60.7 Å². The van der Waals surface area contributed by atoms with Crippen molar-refractivity contribution in [3.63, 3.8) is 0 Å². The highest BCUT2D eigenvalue weighted by atomic mass is 16.5. The van der Waals surface area contributed by atoms with Gasteiger partial charge in [-0.25, -0.2) is 0 Å². The van der Waals surface area contributed by atoms with Crippen LogP contribution < -0.4 is 0 Å². The fourth-order valence-corrected chi connectivity index (χ4v) is 0.183. The smallest absolute Gasteiger partial charge is 0.188 e. The lowest BCUT2D eigenvalue weighted by molar-refractivity contribution is -0.214. The summed E-state index contributed by atoms with van der Waals surface area (Å²) in [7, 11) is 0. The van der Waals surface area contributed by atoms with Crippen molar-refractivity contribution in [3.8, 4) is 0 Å². The van der Waals surface area contributed by atoms with E-state index < -0.39 is 12.4 Å². The molecule has 0 heterocycles. The van der Waals surface area contributed by atoms with Gasteiger partial charge in [-0.1, -0.05) is 13.8 Å². The van der Waals surface area contributed by atoms with Crippen molar-refractivity contribution in [1.29, 1.82) is 0 Å². The number of aliphatic hydroxyl groups excluding tert-OH is 1. The van der Waals surface area contributed by atoms with Crippen molar-refractivity contribution in [2.24, 2.45) is 5.92 Å². The molecule has 50 valence electrons. The van der Waals surface area contributed by atoms with Crippen molar-refractivity contribution in [2.45, 2.75) is 19.6 Å². The highest BCUT2D eigenvalue weighted by molar-refractivity contribution is 4.65. The molecule has 0 aromatic carbocycles. The van der Waals surface area contributed by atoms with Gasteiger partial charge in [0.15, 0.2) is 5.79 Å². The molecule has 0 atom stereocenters. The van der Waals surface area contributed by atoms with Gasteiger partial charge in [0.25, 0.3) is 0 Å². The van der Waals surface area contributed by atoms with Crippen LogP contribution >= 0.6 is 0 Å². The molecular formula is C5H12O3. The maximum absolute atomic E-state index is 8.71. The van der Waals surface area contributed by atoms with Crippen molar-refractivity contribution in [2.75, 3.05) is 6.61 Å². The van der Waals surface area contributed by atoms with Gasteiger partial charge >= 0.3 is 0 Å². The van der Waals surface area contributed by atoms with Crippen LogP contribution in [0.15, 0.2) is 0 Å². The Kier molecular flexibility index (Phi) is 2.40. The molecule has 0 rings (SSSR count). The predicted molar refractivity (Wildman–Crippen MR) is 29.1 cm³/mol. The van der Waals surface area contributed by atoms with Crippen molar-refractivity contribution >= 4 is 0 Å². The Morgan fingerprint density at radius 3 is 1.75 bits per heavy atom. The Bertz CT molecular complexity index is 68.1. The zero-order valence-electron chi connectivity index (χ0n) is 5.13. The summed E-state index contributed by atoms with van der Waals surface area (Å²) in [6.07, 6.45) is 0. The molecule has 0 aromatic heterocycles. The molecule has 0 bridgehead atoms. The molecule has 0 aliphatic rings. The summed E-state index contributed by atoms with van der Waals surface area (Å²) in [6.45, 7) is 2.64. The fourth-order valence-electron chi connectivity index (χ4n) is 0.183. The lowest BCUT2D eigenvalue weighted by atomic mass is 10.1. The Hall–Kier alpha value is -0.120. The normalized spacial score (nSPS) is 12.8. The molecule has 3 heteroatoms. The van der Waals surface area contributed by atoms with Crippen LogP contribution in [0.3, 0.4) is 0 Å². The van der Waals surface area contributed by atoms with Crippen LogP contribution in [0.25, 0.3) is 0 Å². The maximum Gasteiger partial charge on any atom is 0.188 e. The summed E-state index contributed by atoms with van der Waals surface area (Å²) in [5, 5.41) is 25.7. The van der Waals surface area contributed by atoms with Crippen LogP contribution in [-0.4, -0.2) is 27.7 Å². The number of hydrogen-bond donors (Lipinski definition) is 3. The van der Waals surface area contributed by atoms with Gasteiger partial charge in [0.05, 0.1) is 6.61 Å². The van der Waals surface area contributed by atoms with Gasteiger partial charge in [-0.05, 0) is 0 Å². The zero-order chi connectivity index (χ0) is 6.78. The highest BCUT2D eigenvalue weighted by Gasteiger charge is 2.25. The summed E-state index contributed by atoms with van der Waals surface area (Å²) in [4.78, 5) is 0. The highest BCUT2D eigenvalue weighted by Crippen LogP contribution is 2.10. The van der Waals surface area contributed by atoms with E-state index in [1.807, 2.05) is 0 Å². The largest absolute Gasteiger partial charge is 0.391 e. The second-order valence-corrected chi connectivity index (χ2v) is 2.19. The second kappa shape index (κ2) is 2.44. The minimum absolute atomic E-state index is 0.326. The monoisotopic (exact) mass is 120 g/mol. The third-order valence-electron chi connectivity index (χ3n) is 1.16. The van der Waals surface area contributed by atoms with Gasteiger partial charge in [0.2, 0.25) is 0 Å². The van der Waals surface area contributed by atoms with E-state index >= 15 is 0 Å². The molecule has 0 aromatic rings. The van der Waals surface area contributed by atoms with Crippen LogP contribution in [0.1, 0.15) is 13.8 Å². The van der Waals surface area contributed by atoms with Crippen LogP contribution in [-0.2, 0) is 0 Å². The summed E-state index contributed by atoms with van der Waals surface area (Å²) >= 11 is 0. The van der Waals surface area contributed by atoms with Crippen molar-refractivity contribution < 1.29 is 15.3 Å². The average molecular weight is 120 g/mol. The van der Waals surface area contributed by atoms with Gasteiger partial charge in [0, 0.05) is 5.92 Å². The van der Waals surface area contributed by atoms with Gasteiger partial charge in [-0.2, -0.15) is 0 Å². The molecule has 0 radical (unpaired) electrons. The third kappa shape index (κ3) is 1.78. The van der Waals surface area contributed by atoms with E-state index in [4.69, 9.17) is 15.3 Å². The molecule has 0 unspecified atom stereocenters. The Labute approximate surface area is 48.6 Å². The van der Waals surface area contributed by atoms with Gasteiger partial charge < -0.3 is 15.3 Å². The van der Waals surface area contributed by atoms with Crippen molar-refractivity contribution in [3.05, 3.63) is 0 Å². The van der Waals surface area contributed by atoms with E-state index in [-0.39, 0.29) is 5.92 Å². The van der Waals surface area contributed by atoms with Crippen molar-refractivity contribution in [1.82, 2.24) is 0 Å². The number of hydrogen-bond acceptors (Lipinski definition) is 3. The molecule has 3 nitrogen and oxygen atoms in total. The Morgan fingerprint density at radius 1 is 1.38 bits per heavy atom. The van der Waals surface area contributed by atoms with Gasteiger partial charge in [-0.15, -0.1) is 0 Å². The minimum Gasteiger partial charge on any atom is -0.391 e. The number of rotatable bonds is 2. The molecule has 0 aliphatic heterocycles. The van der Waals surface area contributed by atoms with E-state index in [0.717, 1.165) is 0 Å². The van der Waals surface area contributed by atoms with Gasteiger partial charge in [-0.3, -0.25) is 0 Å². The average Bonchev–Trinajstić information content (AvgIpc) is 1.67. The molecule has 0 saturated carbocycles. The predicted octanol–water partition coefficient (Wildman–Crippen LogP) is -0.684. The van der Waals surface area contributed by atoms with E-state index in [1.165, 1.54) is 0 Å². The van der Waals surface area contributed by atoms with E-state index in [0.29, 0.717) is 0 Å². The molecular weight excluding hydrogens is 108 g/mol. The molecule has 8 heavy (non-hydrogen) atoms. The van der Waals surface area contributed by atoms with Crippen LogP contribution in [0, 0.1) is 5.92 Å². The quantitative estimate of drug-likeness (QED) is 0.423. The Balaban J connectivity index is 3.71. The summed E-state index contributed by atoms with van der Waals surface area (Å²) in [5.41, 5.74) is 0. The maximum atomic E-state index is 8.71. The Morgan fingerprint density at radius 2 is 1.75 bits per heavy atom. The first-order chi connectivity index (χ1) is 3.50. The molecule has 0 spiro atoms. The van der Waals surface area contributed by atoms with E-state index in [9.17, 15) is 0 Å². The summed E-state index contributed by atoms with van der Waals surface area (Å²) in [6, 6.07) is 0. The van der Waals surface area contributed by atoms with E-state index in [2.05, 4.69) is 0 Å². The zero-order valence-corrected chi connectivity index (χ0v) is 5.13. The van der Waals surface area contributed by atoms with Gasteiger partial charge in [0.1, 0.15) is 0 Å². The fraction of sp³-hybridized carbons (Fsp3) is 1.00. The third-order valence-corrected chi connectivity index (χ3v) is 1.16. The molecule has 3 N–H and O–H groups in total. The molecule has 0 fully saturated rings. The SMILES string of the molecule is CC(C)C(O)(O)CO. The first-order valence-electron chi connectivity index (χ1n) is 2.56. The van der Waals surface area contributed by atoms with Crippen LogP contribution in [0.2, 0.25) is 0 Å². The van der Waals surface area contributed by atoms with E-state index in [1.54, 1.807) is 13.8 Å². The summed E-state index contributed by atoms with van der Waals surface area (Å²) in [5.74, 6) is -2.23. The summed E-state index contributed by atoms with van der Waals surface area (Å²) < 4.78 is 0. The first kappa shape index (κ1) is 7.88. The van der Waals surface area contributed by atoms with Crippen LogP contribution in [0.4, 0.5) is 0 Å². The standard InChI is InChI=1S/C5H12O3/c1-4(2)5(7,8)3-6/h4,6-8H,3H2,1-2H3. The minimum atomic E-state index is -1.90. The molecule has 0 saturated heterocycles. The second-order valence-electron chi connectivity index (χ2n) is 2.19. The first-order valence-corrected chi connectivity index (χ1v) is 2.56. The lowest BCUT2D eigenvalue weighted by Gasteiger charge is -2.22. The molecule has 0 aliphatic carbocycles. The molecule has 0 amide bonds. The van der Waals surface area contributed by atoms with Crippen LogP contribution in [0.5, 0.6) is 0 Å². The lowest BCUT2D eigenvalue weighted by Crippen LogP contribution is -2.38. The number of aliphatic hydroxyl groups is 3.